The largest absolute Gasteiger partial charge is 0.492 e. The molecule has 0 aliphatic carbocycles. The molecule has 0 fully saturated rings. The number of carbonyl (C=O) groups is 1. The Labute approximate surface area is 191 Å². The van der Waals surface area contributed by atoms with Crippen molar-refractivity contribution in [3.05, 3.63) is 84.2 Å². The van der Waals surface area contributed by atoms with Crippen LogP contribution in [0, 0.1) is 12.7 Å². The molecule has 1 atom stereocenters. The molecule has 3 aromatic rings. The summed E-state index contributed by atoms with van der Waals surface area (Å²) in [5, 5.41) is 2.71. The van der Waals surface area contributed by atoms with Crippen LogP contribution in [-0.2, 0) is 14.8 Å². The van der Waals surface area contributed by atoms with Gasteiger partial charge in [-0.15, -0.1) is 0 Å². The second kappa shape index (κ2) is 9.50. The van der Waals surface area contributed by atoms with Crippen LogP contribution in [0.2, 0.25) is 0 Å². The number of ether oxygens (including phenoxy) is 2. The molecule has 0 unspecified atom stereocenters. The minimum absolute atomic E-state index is 0.130. The van der Waals surface area contributed by atoms with Gasteiger partial charge < -0.3 is 14.8 Å². The van der Waals surface area contributed by atoms with Gasteiger partial charge in [0.1, 0.15) is 23.9 Å². The van der Waals surface area contributed by atoms with Crippen LogP contribution in [0.15, 0.2) is 77.7 Å². The Kier molecular flexibility index (Phi) is 6.50. The smallest absolute Gasteiger partial charge is 0.264 e. The van der Waals surface area contributed by atoms with Crippen LogP contribution in [0.3, 0.4) is 0 Å². The van der Waals surface area contributed by atoms with Gasteiger partial charge in [0.25, 0.3) is 15.9 Å². The highest BCUT2D eigenvalue weighted by molar-refractivity contribution is 7.92. The fourth-order valence-electron chi connectivity index (χ4n) is 3.43. The van der Waals surface area contributed by atoms with Gasteiger partial charge in [-0.3, -0.25) is 9.10 Å². The Bertz CT molecular complexity index is 1230. The third-order valence-corrected chi connectivity index (χ3v) is 6.89. The third-order valence-electron chi connectivity index (χ3n) is 5.09. The van der Waals surface area contributed by atoms with Gasteiger partial charge in [0.15, 0.2) is 6.10 Å². The first-order chi connectivity index (χ1) is 15.8. The molecule has 0 aromatic heterocycles. The molecule has 1 amide bonds. The topological polar surface area (TPSA) is 84.9 Å². The molecule has 0 spiro atoms. The highest BCUT2D eigenvalue weighted by Gasteiger charge is 2.37. The zero-order valence-corrected chi connectivity index (χ0v) is 18.7. The summed E-state index contributed by atoms with van der Waals surface area (Å²) in [6, 6.07) is 18.8. The van der Waals surface area contributed by atoms with E-state index in [1.807, 2.05) is 6.92 Å². The normalized spacial score (nSPS) is 15.3. The van der Waals surface area contributed by atoms with Crippen molar-refractivity contribution in [3.8, 4) is 11.5 Å². The second-order valence-electron chi connectivity index (χ2n) is 7.52. The Morgan fingerprint density at radius 3 is 2.58 bits per heavy atom. The van der Waals surface area contributed by atoms with Gasteiger partial charge in [-0.25, -0.2) is 12.8 Å². The molecule has 172 valence electrons. The third kappa shape index (κ3) is 5.09. The lowest BCUT2D eigenvalue weighted by Crippen LogP contribution is -2.51. The number of hydrogen-bond acceptors (Lipinski definition) is 5. The van der Waals surface area contributed by atoms with Crippen molar-refractivity contribution >= 4 is 21.6 Å². The average Bonchev–Trinajstić information content (AvgIpc) is 2.82. The van der Waals surface area contributed by atoms with Gasteiger partial charge in [0.2, 0.25) is 0 Å². The maximum Gasteiger partial charge on any atom is 0.264 e. The Morgan fingerprint density at radius 2 is 1.85 bits per heavy atom. The van der Waals surface area contributed by atoms with E-state index < -0.39 is 22.0 Å². The van der Waals surface area contributed by atoms with Gasteiger partial charge in [-0.05, 0) is 61.0 Å². The number of aryl methyl sites for hydroxylation is 1. The number of halogens is 1. The second-order valence-corrected chi connectivity index (χ2v) is 9.38. The van der Waals surface area contributed by atoms with E-state index in [0.29, 0.717) is 17.2 Å². The van der Waals surface area contributed by atoms with Gasteiger partial charge in [0.05, 0.1) is 23.7 Å². The molecular formula is C24H23FN2O5S. The molecule has 0 bridgehead atoms. The zero-order chi connectivity index (χ0) is 23.4. The number of fused-ring (bicyclic) bond motifs is 1. The number of hydrogen-bond donors (Lipinski definition) is 1. The number of nitrogens with zero attached hydrogens (tertiary/aromatic N) is 1. The van der Waals surface area contributed by atoms with E-state index in [1.54, 1.807) is 36.4 Å². The van der Waals surface area contributed by atoms with Crippen molar-refractivity contribution in [2.45, 2.75) is 17.9 Å². The van der Waals surface area contributed by atoms with Crippen LogP contribution in [0.25, 0.3) is 0 Å². The van der Waals surface area contributed by atoms with Gasteiger partial charge in [-0.2, -0.15) is 0 Å². The number of amides is 1. The summed E-state index contributed by atoms with van der Waals surface area (Å²) < 4.78 is 52.2. The molecule has 1 N–H and O–H groups in total. The molecule has 7 nitrogen and oxygen atoms in total. The highest BCUT2D eigenvalue weighted by Crippen LogP contribution is 2.37. The first-order valence-corrected chi connectivity index (χ1v) is 11.8. The SMILES string of the molecule is Cc1ccc2c(c1)O[C@H](C(=O)NCCOc1ccc(F)cc1)CN2S(=O)(=O)c1ccccc1. The van der Waals surface area contributed by atoms with Crippen molar-refractivity contribution < 1.29 is 27.1 Å². The molecule has 1 aliphatic rings. The average molecular weight is 471 g/mol. The number of sulfonamides is 1. The standard InChI is InChI=1S/C24H23FN2O5S/c1-17-7-12-21-22(15-17)32-23(16-27(21)33(29,30)20-5-3-2-4-6-20)24(28)26-13-14-31-19-10-8-18(25)9-11-19/h2-12,15,23H,13-14,16H2,1H3,(H,26,28)/t23-/m0/s1. The number of rotatable bonds is 7. The van der Waals surface area contributed by atoms with E-state index in [-0.39, 0.29) is 30.4 Å². The van der Waals surface area contributed by atoms with E-state index in [1.165, 1.54) is 40.7 Å². The van der Waals surface area contributed by atoms with Crippen LogP contribution in [0.4, 0.5) is 10.1 Å². The lowest BCUT2D eigenvalue weighted by atomic mass is 10.1. The first kappa shape index (κ1) is 22.6. The fourth-order valence-corrected chi connectivity index (χ4v) is 4.93. The van der Waals surface area contributed by atoms with Crippen molar-refractivity contribution in [1.82, 2.24) is 5.32 Å². The Morgan fingerprint density at radius 1 is 1.12 bits per heavy atom. The van der Waals surface area contributed by atoms with E-state index in [0.717, 1.165) is 5.56 Å². The van der Waals surface area contributed by atoms with Gasteiger partial charge in [-0.1, -0.05) is 24.3 Å². The predicted octanol–water partition coefficient (Wildman–Crippen LogP) is 3.29. The lowest BCUT2D eigenvalue weighted by molar-refractivity contribution is -0.127. The molecular weight excluding hydrogens is 447 g/mol. The maximum absolute atomic E-state index is 13.3. The van der Waals surface area contributed by atoms with Crippen molar-refractivity contribution in [2.24, 2.45) is 0 Å². The molecule has 1 heterocycles. The highest BCUT2D eigenvalue weighted by atomic mass is 32.2. The van der Waals surface area contributed by atoms with Gasteiger partial charge >= 0.3 is 0 Å². The molecule has 0 saturated heterocycles. The van der Waals surface area contributed by atoms with Crippen LogP contribution in [0.5, 0.6) is 11.5 Å². The minimum Gasteiger partial charge on any atom is -0.492 e. The maximum atomic E-state index is 13.3. The van der Waals surface area contributed by atoms with Crippen LogP contribution >= 0.6 is 0 Å². The van der Waals surface area contributed by atoms with E-state index in [2.05, 4.69) is 5.32 Å². The van der Waals surface area contributed by atoms with E-state index in [4.69, 9.17) is 9.47 Å². The quantitative estimate of drug-likeness (QED) is 0.536. The number of benzene rings is 3. The summed E-state index contributed by atoms with van der Waals surface area (Å²) in [4.78, 5) is 12.9. The van der Waals surface area contributed by atoms with Crippen molar-refractivity contribution in [1.29, 1.82) is 0 Å². The summed E-state index contributed by atoms with van der Waals surface area (Å²) >= 11 is 0. The predicted molar refractivity (Wildman–Crippen MR) is 121 cm³/mol. The van der Waals surface area contributed by atoms with E-state index in [9.17, 15) is 17.6 Å². The Hall–Kier alpha value is -3.59. The zero-order valence-electron chi connectivity index (χ0n) is 17.9. The van der Waals surface area contributed by atoms with Gasteiger partial charge in [0, 0.05) is 0 Å². The summed E-state index contributed by atoms with van der Waals surface area (Å²) in [6.45, 7) is 2.02. The number of nitrogens with one attached hydrogen (secondary N) is 1. The number of anilines is 1. The molecule has 3 aromatic carbocycles. The van der Waals surface area contributed by atoms with Crippen LogP contribution < -0.4 is 19.1 Å². The summed E-state index contributed by atoms with van der Waals surface area (Å²) in [5.74, 6) is -0.0266. The molecule has 33 heavy (non-hydrogen) atoms. The summed E-state index contributed by atoms with van der Waals surface area (Å²) in [5.41, 5.74) is 1.26. The fraction of sp³-hybridized carbons (Fsp3) is 0.208. The van der Waals surface area contributed by atoms with Crippen molar-refractivity contribution in [3.63, 3.8) is 0 Å². The molecule has 0 radical (unpaired) electrons. The van der Waals surface area contributed by atoms with Crippen molar-refractivity contribution in [2.75, 3.05) is 24.0 Å². The Balaban J connectivity index is 1.47. The first-order valence-electron chi connectivity index (χ1n) is 10.4. The van der Waals surface area contributed by atoms with Crippen LogP contribution in [0.1, 0.15) is 5.56 Å². The molecule has 9 heteroatoms. The minimum atomic E-state index is -3.90. The number of carbonyl (C=O) groups excluding carboxylic acids is 1. The van der Waals surface area contributed by atoms with E-state index >= 15 is 0 Å². The van der Waals surface area contributed by atoms with Crippen LogP contribution in [-0.4, -0.2) is 40.1 Å². The summed E-state index contributed by atoms with van der Waals surface area (Å²) in [7, 11) is -3.90. The lowest BCUT2D eigenvalue weighted by Gasteiger charge is -2.35. The molecule has 4 rings (SSSR count). The monoisotopic (exact) mass is 470 g/mol. The molecule has 1 aliphatic heterocycles. The molecule has 0 saturated carbocycles. The summed E-state index contributed by atoms with van der Waals surface area (Å²) in [6.07, 6.45) is -1.04.